The average Bonchev–Trinajstić information content (AvgIpc) is 2.69. The number of rotatable bonds is 8. The molecule has 5 nitrogen and oxygen atoms in total. The van der Waals surface area contributed by atoms with Crippen LogP contribution in [-0.4, -0.2) is 26.1 Å². The second-order valence-electron chi connectivity index (χ2n) is 7.57. The number of fused-ring (bicyclic) bond motifs is 1. The summed E-state index contributed by atoms with van der Waals surface area (Å²) in [6.45, 7) is 4.11. The van der Waals surface area contributed by atoms with Crippen LogP contribution >= 0.6 is 0 Å². The lowest BCUT2D eigenvalue weighted by Crippen LogP contribution is -2.31. The molecular weight excluding hydrogens is 384 g/mol. The third kappa shape index (κ3) is 5.42. The monoisotopic (exact) mass is 412 g/mol. The van der Waals surface area contributed by atoms with E-state index in [4.69, 9.17) is 5.14 Å². The van der Waals surface area contributed by atoms with Gasteiger partial charge in [0.25, 0.3) is 0 Å². The zero-order valence-electron chi connectivity index (χ0n) is 16.8. The summed E-state index contributed by atoms with van der Waals surface area (Å²) in [6.07, 6.45) is 1.05. The molecule has 2 unspecified atom stereocenters. The Morgan fingerprint density at radius 3 is 2.55 bits per heavy atom. The van der Waals surface area contributed by atoms with E-state index in [-0.39, 0.29) is 10.9 Å². The second-order valence-corrected chi connectivity index (χ2v) is 9.10. The van der Waals surface area contributed by atoms with Gasteiger partial charge in [-0.2, -0.15) is 0 Å². The van der Waals surface area contributed by atoms with Gasteiger partial charge in [-0.05, 0) is 60.2 Å². The van der Waals surface area contributed by atoms with Gasteiger partial charge in [0.05, 0.1) is 11.0 Å². The molecule has 0 aliphatic rings. The van der Waals surface area contributed by atoms with Crippen molar-refractivity contribution >= 4 is 20.8 Å². The average molecular weight is 413 g/mol. The van der Waals surface area contributed by atoms with Crippen LogP contribution in [0.1, 0.15) is 36.1 Å². The first-order valence-electron chi connectivity index (χ1n) is 9.77. The summed E-state index contributed by atoms with van der Waals surface area (Å²) < 4.78 is 23.4. The fourth-order valence-corrected chi connectivity index (χ4v) is 4.36. The Morgan fingerprint density at radius 2 is 1.79 bits per heavy atom. The fraction of sp³-hybridized carbons (Fsp3) is 0.304. The number of nitrogens with two attached hydrogens (primary N) is 1. The number of sulfonamides is 1. The lowest BCUT2D eigenvalue weighted by Gasteiger charge is -2.18. The van der Waals surface area contributed by atoms with E-state index in [1.165, 1.54) is 22.4 Å². The highest BCUT2D eigenvalue weighted by atomic mass is 32.2. The van der Waals surface area contributed by atoms with Crippen molar-refractivity contribution in [3.63, 3.8) is 0 Å². The fourth-order valence-electron chi connectivity index (χ4n) is 3.55. The first kappa shape index (κ1) is 21.5. The van der Waals surface area contributed by atoms with Crippen LogP contribution in [0.5, 0.6) is 0 Å². The Morgan fingerprint density at radius 1 is 1.07 bits per heavy atom. The normalized spacial score (nSPS) is 14.1. The van der Waals surface area contributed by atoms with Gasteiger partial charge in [-0.1, -0.05) is 54.6 Å². The predicted octanol–water partition coefficient (Wildman–Crippen LogP) is 3.44. The number of aliphatic hydroxyl groups is 1. The molecule has 3 aromatic carbocycles. The van der Waals surface area contributed by atoms with E-state index >= 15 is 0 Å². The van der Waals surface area contributed by atoms with Crippen molar-refractivity contribution in [1.82, 2.24) is 5.32 Å². The number of nitrogens with one attached hydrogen (secondary N) is 1. The van der Waals surface area contributed by atoms with Gasteiger partial charge in [0.2, 0.25) is 10.0 Å². The highest BCUT2D eigenvalue weighted by Gasteiger charge is 2.16. The van der Waals surface area contributed by atoms with E-state index in [0.29, 0.717) is 17.7 Å². The topological polar surface area (TPSA) is 92.4 Å². The summed E-state index contributed by atoms with van der Waals surface area (Å²) in [5.41, 5.74) is 2.42. The van der Waals surface area contributed by atoms with Crippen molar-refractivity contribution in [3.8, 4) is 0 Å². The molecule has 0 amide bonds. The molecule has 3 aromatic rings. The van der Waals surface area contributed by atoms with Crippen LogP contribution in [0.2, 0.25) is 0 Å². The van der Waals surface area contributed by atoms with Crippen molar-refractivity contribution in [2.24, 2.45) is 5.14 Å². The summed E-state index contributed by atoms with van der Waals surface area (Å²) in [5.74, 6) is 0. The van der Waals surface area contributed by atoms with Crippen LogP contribution in [0.4, 0.5) is 0 Å². The highest BCUT2D eigenvalue weighted by Crippen LogP contribution is 2.22. The minimum Gasteiger partial charge on any atom is -0.387 e. The Hall–Kier alpha value is -2.25. The smallest absolute Gasteiger partial charge is 0.238 e. The van der Waals surface area contributed by atoms with Crippen molar-refractivity contribution in [2.45, 2.75) is 43.7 Å². The molecule has 154 valence electrons. The molecule has 0 spiro atoms. The molecule has 4 N–H and O–H groups in total. The largest absolute Gasteiger partial charge is 0.387 e. The van der Waals surface area contributed by atoms with Gasteiger partial charge < -0.3 is 10.4 Å². The van der Waals surface area contributed by atoms with Gasteiger partial charge in [-0.25, -0.2) is 13.6 Å². The molecule has 0 aromatic heterocycles. The predicted molar refractivity (Wildman–Crippen MR) is 117 cm³/mol. The molecule has 0 radical (unpaired) electrons. The van der Waals surface area contributed by atoms with Crippen LogP contribution in [0, 0.1) is 6.92 Å². The maximum absolute atomic E-state index is 11.7. The van der Waals surface area contributed by atoms with Gasteiger partial charge in [-0.3, -0.25) is 0 Å². The summed E-state index contributed by atoms with van der Waals surface area (Å²) >= 11 is 0. The zero-order valence-corrected chi connectivity index (χ0v) is 17.6. The summed E-state index contributed by atoms with van der Waals surface area (Å²) in [7, 11) is -3.81. The number of hydrogen-bond donors (Lipinski definition) is 3. The summed E-state index contributed by atoms with van der Waals surface area (Å²) in [5, 5.41) is 21.6. The van der Waals surface area contributed by atoms with Crippen LogP contribution in [0.15, 0.2) is 65.6 Å². The quantitative estimate of drug-likeness (QED) is 0.528. The lowest BCUT2D eigenvalue weighted by atomic mass is 9.99. The molecule has 0 saturated carbocycles. The minimum absolute atomic E-state index is 0.0538. The van der Waals surface area contributed by atoms with Gasteiger partial charge in [-0.15, -0.1) is 0 Å². The third-order valence-corrected chi connectivity index (χ3v) is 6.34. The van der Waals surface area contributed by atoms with Gasteiger partial charge >= 0.3 is 0 Å². The SMILES string of the molecule is Cc1ccc(C(O)CNC(C)CCc2cccc3ccccc23)cc1S(N)(=O)=O. The Kier molecular flexibility index (Phi) is 6.70. The van der Waals surface area contributed by atoms with Crippen LogP contribution in [0.25, 0.3) is 10.8 Å². The van der Waals surface area contributed by atoms with Crippen molar-refractivity contribution in [1.29, 1.82) is 0 Å². The lowest BCUT2D eigenvalue weighted by molar-refractivity contribution is 0.170. The molecule has 2 atom stereocenters. The molecule has 3 rings (SSSR count). The van der Waals surface area contributed by atoms with E-state index in [2.05, 4.69) is 48.6 Å². The van der Waals surface area contributed by atoms with E-state index in [1.54, 1.807) is 19.1 Å². The maximum atomic E-state index is 11.7. The van der Waals surface area contributed by atoms with Crippen molar-refractivity contribution in [2.75, 3.05) is 6.54 Å². The first-order valence-corrected chi connectivity index (χ1v) is 11.3. The molecule has 0 bridgehead atoms. The molecule has 0 fully saturated rings. The Balaban J connectivity index is 1.58. The standard InChI is InChI=1S/C23H28N2O3S/c1-16-10-12-20(14-23(16)29(24,27)28)22(26)15-25-17(2)11-13-19-8-5-7-18-6-3-4-9-21(18)19/h3-10,12,14,17,22,25-26H,11,13,15H2,1-2H3,(H2,24,27,28). The molecule has 29 heavy (non-hydrogen) atoms. The maximum Gasteiger partial charge on any atom is 0.238 e. The molecular formula is C23H28N2O3S. The molecule has 6 heteroatoms. The number of hydrogen-bond acceptors (Lipinski definition) is 4. The molecule has 0 saturated heterocycles. The van der Waals surface area contributed by atoms with E-state index in [0.717, 1.165) is 12.8 Å². The molecule has 0 aliphatic heterocycles. The third-order valence-electron chi connectivity index (χ3n) is 5.29. The van der Waals surface area contributed by atoms with Crippen LogP contribution in [0.3, 0.4) is 0 Å². The van der Waals surface area contributed by atoms with E-state index in [9.17, 15) is 13.5 Å². The van der Waals surface area contributed by atoms with Crippen molar-refractivity contribution < 1.29 is 13.5 Å². The number of primary sulfonamides is 1. The Bertz CT molecular complexity index is 1090. The molecule has 0 heterocycles. The van der Waals surface area contributed by atoms with Gasteiger partial charge in [0, 0.05) is 12.6 Å². The Labute approximate surface area is 172 Å². The summed E-state index contributed by atoms with van der Waals surface area (Å²) in [4.78, 5) is 0.0538. The molecule has 0 aliphatic carbocycles. The van der Waals surface area contributed by atoms with E-state index in [1.807, 2.05) is 6.07 Å². The first-order chi connectivity index (χ1) is 13.8. The zero-order chi connectivity index (χ0) is 21.0. The summed E-state index contributed by atoms with van der Waals surface area (Å²) in [6, 6.07) is 19.8. The van der Waals surface area contributed by atoms with Gasteiger partial charge in [0.1, 0.15) is 0 Å². The highest BCUT2D eigenvalue weighted by molar-refractivity contribution is 7.89. The van der Waals surface area contributed by atoms with Crippen LogP contribution in [-0.2, 0) is 16.4 Å². The minimum atomic E-state index is -3.81. The van der Waals surface area contributed by atoms with E-state index < -0.39 is 16.1 Å². The number of benzene rings is 3. The second kappa shape index (κ2) is 9.05. The number of aryl methyl sites for hydroxylation is 2. The number of aliphatic hydroxyl groups excluding tert-OH is 1. The van der Waals surface area contributed by atoms with Crippen LogP contribution < -0.4 is 10.5 Å². The van der Waals surface area contributed by atoms with Gasteiger partial charge in [0.15, 0.2) is 0 Å². The van der Waals surface area contributed by atoms with Crippen molar-refractivity contribution in [3.05, 3.63) is 77.4 Å².